The van der Waals surface area contributed by atoms with Gasteiger partial charge in [-0.15, -0.1) is 11.3 Å². The van der Waals surface area contributed by atoms with Crippen LogP contribution in [0.25, 0.3) is 0 Å². The molecular formula is C16H15FN2O2S. The van der Waals surface area contributed by atoms with Crippen LogP contribution in [0.1, 0.15) is 27.7 Å². The minimum absolute atomic E-state index is 0.00932. The average Bonchev–Trinajstić information content (AvgIpc) is 2.95. The van der Waals surface area contributed by atoms with Crippen molar-refractivity contribution in [1.29, 1.82) is 0 Å². The molecule has 22 heavy (non-hydrogen) atoms. The molecule has 0 aliphatic carbocycles. The van der Waals surface area contributed by atoms with Crippen molar-refractivity contribution in [3.8, 4) is 0 Å². The zero-order valence-corrected chi connectivity index (χ0v) is 12.9. The molecule has 1 aliphatic rings. The van der Waals surface area contributed by atoms with E-state index in [1.807, 2.05) is 11.4 Å². The first-order chi connectivity index (χ1) is 10.5. The summed E-state index contributed by atoms with van der Waals surface area (Å²) in [7, 11) is 0. The third-order valence-electron chi connectivity index (χ3n) is 3.61. The number of halogens is 1. The molecule has 1 N–H and O–H groups in total. The smallest absolute Gasteiger partial charge is 0.257 e. The van der Waals surface area contributed by atoms with Crippen LogP contribution in [-0.2, 0) is 17.8 Å². The molecule has 114 valence electrons. The first-order valence-electron chi connectivity index (χ1n) is 6.96. The van der Waals surface area contributed by atoms with Gasteiger partial charge in [0.25, 0.3) is 5.91 Å². The van der Waals surface area contributed by atoms with Gasteiger partial charge in [0.05, 0.1) is 5.56 Å². The Hall–Kier alpha value is -2.21. The normalized spacial score (nSPS) is 13.6. The zero-order chi connectivity index (χ0) is 15.7. The molecule has 0 unspecified atom stereocenters. The van der Waals surface area contributed by atoms with Gasteiger partial charge in [-0.25, -0.2) is 4.39 Å². The number of nitrogens with zero attached hydrogens (tertiary/aromatic N) is 1. The van der Waals surface area contributed by atoms with Gasteiger partial charge in [0, 0.05) is 30.6 Å². The lowest BCUT2D eigenvalue weighted by Crippen LogP contribution is -2.35. The number of nitrogens with one attached hydrogen (secondary N) is 1. The summed E-state index contributed by atoms with van der Waals surface area (Å²) in [4.78, 5) is 26.6. The Morgan fingerprint density at radius 1 is 1.32 bits per heavy atom. The number of thiophene rings is 1. The molecular weight excluding hydrogens is 303 g/mol. The van der Waals surface area contributed by atoms with Gasteiger partial charge < -0.3 is 10.2 Å². The molecule has 0 fully saturated rings. The van der Waals surface area contributed by atoms with Crippen LogP contribution in [0.15, 0.2) is 29.6 Å². The SMILES string of the molecule is CC(=O)Nc1ccc(F)c(C(=O)N2CCc3sccc3C2)c1. The molecule has 0 radical (unpaired) electrons. The highest BCUT2D eigenvalue weighted by Gasteiger charge is 2.24. The number of carbonyl (C=O) groups excluding carboxylic acids is 2. The lowest BCUT2D eigenvalue weighted by molar-refractivity contribution is -0.114. The summed E-state index contributed by atoms with van der Waals surface area (Å²) < 4.78 is 14.0. The van der Waals surface area contributed by atoms with Crippen molar-refractivity contribution < 1.29 is 14.0 Å². The number of benzene rings is 1. The van der Waals surface area contributed by atoms with Crippen molar-refractivity contribution in [2.75, 3.05) is 11.9 Å². The predicted molar refractivity (Wildman–Crippen MR) is 83.5 cm³/mol. The largest absolute Gasteiger partial charge is 0.334 e. The predicted octanol–water partition coefficient (Wildman–Crippen LogP) is 3.04. The van der Waals surface area contributed by atoms with E-state index in [0.29, 0.717) is 18.8 Å². The fourth-order valence-corrected chi connectivity index (χ4v) is 3.45. The zero-order valence-electron chi connectivity index (χ0n) is 12.1. The summed E-state index contributed by atoms with van der Waals surface area (Å²) in [5.41, 5.74) is 1.54. The van der Waals surface area contributed by atoms with E-state index >= 15 is 0 Å². The third-order valence-corrected chi connectivity index (χ3v) is 4.64. The van der Waals surface area contributed by atoms with Crippen molar-refractivity contribution in [3.63, 3.8) is 0 Å². The number of hydrogen-bond acceptors (Lipinski definition) is 3. The topological polar surface area (TPSA) is 49.4 Å². The molecule has 1 aromatic heterocycles. The van der Waals surface area contributed by atoms with Crippen LogP contribution in [0, 0.1) is 5.82 Å². The molecule has 1 aliphatic heterocycles. The summed E-state index contributed by atoms with van der Waals surface area (Å²) in [5, 5.41) is 4.58. The molecule has 0 saturated carbocycles. The molecule has 4 nitrogen and oxygen atoms in total. The quantitative estimate of drug-likeness (QED) is 0.925. The monoisotopic (exact) mass is 318 g/mol. The Morgan fingerprint density at radius 2 is 2.14 bits per heavy atom. The van der Waals surface area contributed by atoms with Crippen LogP contribution in [0.3, 0.4) is 0 Å². The van der Waals surface area contributed by atoms with Crippen LogP contribution in [0.5, 0.6) is 0 Å². The van der Waals surface area contributed by atoms with E-state index < -0.39 is 5.82 Å². The van der Waals surface area contributed by atoms with E-state index in [0.717, 1.165) is 12.0 Å². The summed E-state index contributed by atoms with van der Waals surface area (Å²) in [6, 6.07) is 6.05. The lowest BCUT2D eigenvalue weighted by Gasteiger charge is -2.27. The summed E-state index contributed by atoms with van der Waals surface area (Å²) in [6.07, 6.45) is 0.797. The molecule has 0 spiro atoms. The molecule has 2 heterocycles. The first kappa shape index (κ1) is 14.7. The van der Waals surface area contributed by atoms with Crippen molar-refractivity contribution in [2.24, 2.45) is 0 Å². The van der Waals surface area contributed by atoms with Gasteiger partial charge in [-0.2, -0.15) is 0 Å². The average molecular weight is 318 g/mol. The van der Waals surface area contributed by atoms with Gasteiger partial charge in [-0.05, 0) is 41.6 Å². The molecule has 0 atom stereocenters. The standard InChI is InChI=1S/C16H15FN2O2S/c1-10(20)18-12-2-3-14(17)13(8-12)16(21)19-6-4-15-11(9-19)5-7-22-15/h2-3,5,7-8H,4,6,9H2,1H3,(H,18,20). The molecule has 0 bridgehead atoms. The van der Waals surface area contributed by atoms with Crippen molar-refractivity contribution in [1.82, 2.24) is 4.90 Å². The second kappa shape index (κ2) is 5.88. The molecule has 0 saturated heterocycles. The Morgan fingerprint density at radius 3 is 2.91 bits per heavy atom. The number of carbonyl (C=O) groups is 2. The Balaban J connectivity index is 1.84. The number of anilines is 1. The second-order valence-corrected chi connectivity index (χ2v) is 6.22. The van der Waals surface area contributed by atoms with E-state index in [1.54, 1.807) is 16.2 Å². The maximum Gasteiger partial charge on any atom is 0.257 e. The van der Waals surface area contributed by atoms with Crippen LogP contribution in [-0.4, -0.2) is 23.3 Å². The van der Waals surface area contributed by atoms with Crippen molar-refractivity contribution in [3.05, 3.63) is 51.5 Å². The van der Waals surface area contributed by atoms with E-state index in [1.165, 1.54) is 30.0 Å². The Bertz CT molecular complexity index is 741. The maximum absolute atomic E-state index is 14.0. The van der Waals surface area contributed by atoms with Crippen molar-refractivity contribution in [2.45, 2.75) is 19.9 Å². The minimum Gasteiger partial charge on any atom is -0.334 e. The van der Waals surface area contributed by atoms with Crippen LogP contribution >= 0.6 is 11.3 Å². The highest BCUT2D eigenvalue weighted by molar-refractivity contribution is 7.10. The van der Waals surface area contributed by atoms with Gasteiger partial charge in [0.15, 0.2) is 0 Å². The van der Waals surface area contributed by atoms with E-state index in [9.17, 15) is 14.0 Å². The number of fused-ring (bicyclic) bond motifs is 1. The summed E-state index contributed by atoms with van der Waals surface area (Å²) in [5.74, 6) is -1.18. The van der Waals surface area contributed by atoms with Gasteiger partial charge in [0.2, 0.25) is 5.91 Å². The van der Waals surface area contributed by atoms with Gasteiger partial charge in [-0.1, -0.05) is 0 Å². The fourth-order valence-electron chi connectivity index (χ4n) is 2.56. The van der Waals surface area contributed by atoms with E-state index in [2.05, 4.69) is 5.32 Å². The van der Waals surface area contributed by atoms with Gasteiger partial charge in [0.1, 0.15) is 5.82 Å². The summed E-state index contributed by atoms with van der Waals surface area (Å²) in [6.45, 7) is 2.45. The Labute approximate surface area is 131 Å². The van der Waals surface area contributed by atoms with Gasteiger partial charge >= 0.3 is 0 Å². The van der Waals surface area contributed by atoms with Crippen LogP contribution in [0.4, 0.5) is 10.1 Å². The molecule has 2 amide bonds. The highest BCUT2D eigenvalue weighted by atomic mass is 32.1. The third kappa shape index (κ3) is 2.87. The van der Waals surface area contributed by atoms with E-state index in [-0.39, 0.29) is 17.4 Å². The molecule has 1 aromatic carbocycles. The number of amides is 2. The maximum atomic E-state index is 14.0. The van der Waals surface area contributed by atoms with E-state index in [4.69, 9.17) is 0 Å². The van der Waals surface area contributed by atoms with Crippen LogP contribution < -0.4 is 5.32 Å². The van der Waals surface area contributed by atoms with Crippen LogP contribution in [0.2, 0.25) is 0 Å². The highest BCUT2D eigenvalue weighted by Crippen LogP contribution is 2.26. The summed E-state index contributed by atoms with van der Waals surface area (Å²) >= 11 is 1.69. The van der Waals surface area contributed by atoms with Gasteiger partial charge in [-0.3, -0.25) is 9.59 Å². The molecule has 6 heteroatoms. The molecule has 3 rings (SSSR count). The molecule has 2 aromatic rings. The minimum atomic E-state index is -0.574. The fraction of sp³-hybridized carbons (Fsp3) is 0.250. The number of rotatable bonds is 2. The lowest BCUT2D eigenvalue weighted by atomic mass is 10.1. The number of hydrogen-bond donors (Lipinski definition) is 1. The second-order valence-electron chi connectivity index (χ2n) is 5.22. The van der Waals surface area contributed by atoms with Crippen molar-refractivity contribution >= 4 is 28.8 Å². The first-order valence-corrected chi connectivity index (χ1v) is 7.84. The Kier molecular flexibility index (Phi) is 3.94.